The lowest BCUT2D eigenvalue weighted by Crippen LogP contribution is -2.23. The predicted octanol–water partition coefficient (Wildman–Crippen LogP) is 3.50. The Labute approximate surface area is 97.3 Å². The lowest BCUT2D eigenvalue weighted by Gasteiger charge is -2.28. The quantitative estimate of drug-likeness (QED) is 0.826. The lowest BCUT2D eigenvalue weighted by atomic mass is 9.93. The average Bonchev–Trinajstić information content (AvgIpc) is 2.27. The third-order valence-electron chi connectivity index (χ3n) is 3.43. The molecule has 0 radical (unpaired) electrons. The molecule has 0 aromatic heterocycles. The molecule has 1 unspecified atom stereocenters. The minimum absolute atomic E-state index is 0.361. The molecule has 16 heavy (non-hydrogen) atoms. The fourth-order valence-electron chi connectivity index (χ4n) is 2.46. The van der Waals surface area contributed by atoms with Crippen LogP contribution in [0.4, 0.5) is 0 Å². The predicted molar refractivity (Wildman–Crippen MR) is 65.2 cm³/mol. The van der Waals surface area contributed by atoms with Crippen molar-refractivity contribution >= 4 is 0 Å². The molecule has 0 spiro atoms. The van der Waals surface area contributed by atoms with E-state index in [1.807, 2.05) is 19.9 Å². The summed E-state index contributed by atoms with van der Waals surface area (Å²) in [6.45, 7) is 6.16. The number of phenolic OH excluding ortho intramolecular Hbond substituents is 1. The molecule has 0 bridgehead atoms. The second kappa shape index (κ2) is 4.36. The van der Waals surface area contributed by atoms with Crippen LogP contribution in [0.3, 0.4) is 0 Å². The van der Waals surface area contributed by atoms with Crippen molar-refractivity contribution in [2.45, 2.75) is 52.6 Å². The first-order chi connectivity index (χ1) is 7.63. The monoisotopic (exact) mass is 220 g/mol. The number of aryl methyl sites for hydroxylation is 1. The molecule has 2 nitrogen and oxygen atoms in total. The van der Waals surface area contributed by atoms with Crippen molar-refractivity contribution in [3.63, 3.8) is 0 Å². The lowest BCUT2D eigenvalue weighted by molar-refractivity contribution is 0.161. The Morgan fingerprint density at radius 2 is 2.19 bits per heavy atom. The number of aromatic hydroxyl groups is 1. The van der Waals surface area contributed by atoms with E-state index in [2.05, 4.69) is 6.92 Å². The van der Waals surface area contributed by atoms with Crippen LogP contribution in [-0.4, -0.2) is 11.2 Å². The second-order valence-electron chi connectivity index (χ2n) is 4.71. The van der Waals surface area contributed by atoms with Gasteiger partial charge in [-0.1, -0.05) is 13.3 Å². The summed E-state index contributed by atoms with van der Waals surface area (Å²) in [5.41, 5.74) is 3.24. The maximum absolute atomic E-state index is 9.77. The Hall–Kier alpha value is -1.18. The van der Waals surface area contributed by atoms with Crippen LogP contribution in [-0.2, 0) is 6.42 Å². The summed E-state index contributed by atoms with van der Waals surface area (Å²) in [5, 5.41) is 9.77. The Bertz CT molecular complexity index is 396. The first-order valence-electron chi connectivity index (χ1n) is 6.12. The highest BCUT2D eigenvalue weighted by atomic mass is 16.5. The summed E-state index contributed by atoms with van der Waals surface area (Å²) >= 11 is 0. The second-order valence-corrected chi connectivity index (χ2v) is 4.71. The minimum atomic E-state index is 0.361. The van der Waals surface area contributed by atoms with E-state index in [1.54, 1.807) is 0 Å². The van der Waals surface area contributed by atoms with Crippen LogP contribution in [0.25, 0.3) is 0 Å². The van der Waals surface area contributed by atoms with Gasteiger partial charge in [0.05, 0.1) is 6.10 Å². The van der Waals surface area contributed by atoms with Crippen LogP contribution in [0.5, 0.6) is 11.5 Å². The van der Waals surface area contributed by atoms with Crippen molar-refractivity contribution < 1.29 is 9.84 Å². The zero-order valence-corrected chi connectivity index (χ0v) is 10.3. The van der Waals surface area contributed by atoms with E-state index < -0.39 is 0 Å². The number of hydrogen-bond donors (Lipinski definition) is 1. The molecular weight excluding hydrogens is 200 g/mol. The van der Waals surface area contributed by atoms with Gasteiger partial charge in [0.25, 0.3) is 0 Å². The standard InChI is InChI=1S/C14H20O2/c1-4-5-11-6-7-12-10(3)13(15)8-9(2)14(12)16-11/h8,11,15H,4-7H2,1-3H3. The van der Waals surface area contributed by atoms with E-state index in [0.717, 1.165) is 42.6 Å². The summed E-state index contributed by atoms with van der Waals surface area (Å²) in [6, 6.07) is 1.81. The summed E-state index contributed by atoms with van der Waals surface area (Å²) in [6.07, 6.45) is 4.75. The molecule has 2 heteroatoms. The van der Waals surface area contributed by atoms with Crippen molar-refractivity contribution in [3.05, 3.63) is 22.8 Å². The van der Waals surface area contributed by atoms with E-state index in [4.69, 9.17) is 4.74 Å². The number of fused-ring (bicyclic) bond motifs is 1. The zero-order valence-electron chi connectivity index (χ0n) is 10.3. The molecule has 1 aromatic carbocycles. The van der Waals surface area contributed by atoms with Gasteiger partial charge in [-0.2, -0.15) is 0 Å². The van der Waals surface area contributed by atoms with Gasteiger partial charge in [0.15, 0.2) is 0 Å². The molecule has 1 aliphatic heterocycles. The molecule has 0 aliphatic carbocycles. The van der Waals surface area contributed by atoms with Gasteiger partial charge in [-0.05, 0) is 50.3 Å². The number of rotatable bonds is 2. The Kier molecular flexibility index (Phi) is 3.08. The van der Waals surface area contributed by atoms with Crippen LogP contribution in [0.1, 0.15) is 42.9 Å². The van der Waals surface area contributed by atoms with Crippen molar-refractivity contribution in [1.82, 2.24) is 0 Å². The van der Waals surface area contributed by atoms with E-state index >= 15 is 0 Å². The van der Waals surface area contributed by atoms with Gasteiger partial charge in [-0.3, -0.25) is 0 Å². The molecule has 1 heterocycles. The summed E-state index contributed by atoms with van der Waals surface area (Å²) < 4.78 is 6.03. The third kappa shape index (κ3) is 1.89. The summed E-state index contributed by atoms with van der Waals surface area (Å²) in [4.78, 5) is 0. The summed E-state index contributed by atoms with van der Waals surface area (Å²) in [5.74, 6) is 1.41. The number of hydrogen-bond acceptors (Lipinski definition) is 2. The zero-order chi connectivity index (χ0) is 11.7. The van der Waals surface area contributed by atoms with Crippen molar-refractivity contribution in [3.8, 4) is 11.5 Å². The van der Waals surface area contributed by atoms with Gasteiger partial charge in [0, 0.05) is 5.56 Å². The molecule has 0 saturated heterocycles. The van der Waals surface area contributed by atoms with Gasteiger partial charge >= 0.3 is 0 Å². The smallest absolute Gasteiger partial charge is 0.126 e. The highest BCUT2D eigenvalue weighted by Crippen LogP contribution is 2.38. The van der Waals surface area contributed by atoms with Gasteiger partial charge in [-0.25, -0.2) is 0 Å². The normalized spacial score (nSPS) is 19.1. The van der Waals surface area contributed by atoms with E-state index in [9.17, 15) is 5.11 Å². The van der Waals surface area contributed by atoms with Gasteiger partial charge in [0.2, 0.25) is 0 Å². The third-order valence-corrected chi connectivity index (χ3v) is 3.43. The minimum Gasteiger partial charge on any atom is -0.508 e. The molecule has 88 valence electrons. The topological polar surface area (TPSA) is 29.5 Å². The maximum Gasteiger partial charge on any atom is 0.126 e. The fourth-order valence-corrected chi connectivity index (χ4v) is 2.46. The SMILES string of the molecule is CCCC1CCc2c(C)c(O)cc(C)c2O1. The van der Waals surface area contributed by atoms with Crippen molar-refractivity contribution in [2.75, 3.05) is 0 Å². The Balaban J connectivity index is 2.35. The van der Waals surface area contributed by atoms with Crippen LogP contribution in [0.2, 0.25) is 0 Å². The molecule has 1 aromatic rings. The Morgan fingerprint density at radius 1 is 1.44 bits per heavy atom. The molecule has 0 fully saturated rings. The largest absolute Gasteiger partial charge is 0.508 e. The molecule has 0 amide bonds. The van der Waals surface area contributed by atoms with Crippen LogP contribution in [0, 0.1) is 13.8 Å². The Morgan fingerprint density at radius 3 is 2.88 bits per heavy atom. The maximum atomic E-state index is 9.77. The van der Waals surface area contributed by atoms with Crippen molar-refractivity contribution in [1.29, 1.82) is 0 Å². The fraction of sp³-hybridized carbons (Fsp3) is 0.571. The van der Waals surface area contributed by atoms with E-state index in [-0.39, 0.29) is 0 Å². The average molecular weight is 220 g/mol. The highest BCUT2D eigenvalue weighted by molar-refractivity contribution is 5.53. The van der Waals surface area contributed by atoms with Crippen LogP contribution in [0.15, 0.2) is 6.07 Å². The number of benzene rings is 1. The highest BCUT2D eigenvalue weighted by Gasteiger charge is 2.23. The van der Waals surface area contributed by atoms with Crippen LogP contribution >= 0.6 is 0 Å². The number of ether oxygens (including phenoxy) is 1. The first-order valence-corrected chi connectivity index (χ1v) is 6.12. The number of phenols is 1. The molecular formula is C14H20O2. The van der Waals surface area contributed by atoms with Gasteiger partial charge in [-0.15, -0.1) is 0 Å². The molecule has 2 rings (SSSR count). The molecule has 0 saturated carbocycles. The van der Waals surface area contributed by atoms with Crippen LogP contribution < -0.4 is 4.74 Å². The van der Waals surface area contributed by atoms with E-state index in [1.165, 1.54) is 5.56 Å². The molecule has 1 aliphatic rings. The molecule has 1 N–H and O–H groups in total. The van der Waals surface area contributed by atoms with Crippen molar-refractivity contribution in [2.24, 2.45) is 0 Å². The van der Waals surface area contributed by atoms with Gasteiger partial charge < -0.3 is 9.84 Å². The van der Waals surface area contributed by atoms with Gasteiger partial charge in [0.1, 0.15) is 11.5 Å². The van der Waals surface area contributed by atoms with E-state index in [0.29, 0.717) is 11.9 Å². The summed E-state index contributed by atoms with van der Waals surface area (Å²) in [7, 11) is 0. The first kappa shape index (κ1) is 11.3. The molecule has 1 atom stereocenters.